The first kappa shape index (κ1) is 28.5. The zero-order chi connectivity index (χ0) is 28.9. The Kier molecular flexibility index (Phi) is 7.89. The molecule has 2 amide bonds. The molecule has 0 aromatic heterocycles. The minimum Gasteiger partial charge on any atom is -0.503 e. The number of aliphatic carboxylic acids is 1. The number of Topliss-reactive ketones (excluding diaryl/α,β-unsaturated/α-hetero) is 1. The first-order valence-corrected chi connectivity index (χ1v) is 14.7. The van der Waals surface area contributed by atoms with E-state index >= 15 is 0 Å². The van der Waals surface area contributed by atoms with Crippen LogP contribution >= 0.6 is 31.9 Å². The van der Waals surface area contributed by atoms with Crippen LogP contribution in [0.25, 0.3) is 0 Å². The van der Waals surface area contributed by atoms with Crippen LogP contribution in [0.2, 0.25) is 0 Å². The highest BCUT2D eigenvalue weighted by Crippen LogP contribution is 2.56. The van der Waals surface area contributed by atoms with Crippen molar-refractivity contribution in [2.45, 2.75) is 44.4 Å². The van der Waals surface area contributed by atoms with E-state index in [0.717, 1.165) is 5.57 Å². The number of amides is 2. The van der Waals surface area contributed by atoms with Crippen LogP contribution in [0.4, 0.5) is 0 Å². The summed E-state index contributed by atoms with van der Waals surface area (Å²) in [5.41, 5.74) is 2.07. The summed E-state index contributed by atoms with van der Waals surface area (Å²) in [4.78, 5) is 65.8. The molecule has 1 heterocycles. The van der Waals surface area contributed by atoms with E-state index in [2.05, 4.69) is 31.9 Å². The van der Waals surface area contributed by atoms with Gasteiger partial charge >= 0.3 is 5.97 Å². The molecule has 1 aliphatic heterocycles. The summed E-state index contributed by atoms with van der Waals surface area (Å²) in [6, 6.07) is 3.31. The van der Waals surface area contributed by atoms with Crippen LogP contribution in [-0.4, -0.2) is 58.1 Å². The molecule has 0 bridgehead atoms. The fraction of sp³-hybridized carbons (Fsp3) is 0.414. The number of hydrogen-bond donors (Lipinski definition) is 2. The summed E-state index contributed by atoms with van der Waals surface area (Å²) in [7, 11) is 1.42. The molecule has 0 unspecified atom stereocenters. The average Bonchev–Trinajstić information content (AvgIpc) is 3.16. The third kappa shape index (κ3) is 4.76. The lowest BCUT2D eigenvalue weighted by atomic mass is 9.59. The van der Waals surface area contributed by atoms with Gasteiger partial charge in [0.1, 0.15) is 0 Å². The first-order valence-electron chi connectivity index (χ1n) is 13.1. The van der Waals surface area contributed by atoms with Crippen molar-refractivity contribution in [3.63, 3.8) is 0 Å². The van der Waals surface area contributed by atoms with Crippen LogP contribution in [0.3, 0.4) is 0 Å². The number of benzene rings is 1. The number of ether oxygens (including phenoxy) is 1. The Bertz CT molecular complexity index is 1440. The smallest absolute Gasteiger partial charge is 0.303 e. The summed E-state index contributed by atoms with van der Waals surface area (Å²) in [5, 5.41) is 19.3. The number of carbonyl (C=O) groups is 5. The number of allylic oxidation sites excluding steroid dienone is 6. The van der Waals surface area contributed by atoms with E-state index in [1.807, 2.05) is 6.08 Å². The number of rotatable bonds is 8. The molecule has 4 aliphatic rings. The summed E-state index contributed by atoms with van der Waals surface area (Å²) >= 11 is 6.57. The molecule has 0 spiro atoms. The van der Waals surface area contributed by atoms with Crippen molar-refractivity contribution in [1.29, 1.82) is 0 Å². The third-order valence-electron chi connectivity index (χ3n) is 8.30. The van der Waals surface area contributed by atoms with Gasteiger partial charge in [0, 0.05) is 36.1 Å². The molecule has 1 fully saturated rings. The van der Waals surface area contributed by atoms with Gasteiger partial charge in [-0.15, -0.1) is 0 Å². The first-order chi connectivity index (χ1) is 19.0. The number of likely N-dealkylation sites (tertiary alicyclic amines) is 1. The number of aromatic hydroxyl groups is 1. The number of methoxy groups -OCH3 is 1. The number of nitrogens with zero attached hydrogens (tertiary/aromatic N) is 1. The largest absolute Gasteiger partial charge is 0.503 e. The number of hydrogen-bond acceptors (Lipinski definition) is 7. The Hall–Kier alpha value is -3.05. The number of phenols is 1. The highest BCUT2D eigenvalue weighted by atomic mass is 79.9. The number of carboxylic acids is 1. The number of fused-ring (bicyclic) bond motifs is 3. The van der Waals surface area contributed by atoms with Crippen molar-refractivity contribution >= 4 is 61.2 Å². The fourth-order valence-electron chi connectivity index (χ4n) is 6.51. The minimum atomic E-state index is -0.881. The van der Waals surface area contributed by atoms with Gasteiger partial charge in [0.15, 0.2) is 23.1 Å². The third-order valence-corrected chi connectivity index (χ3v) is 9.49. The predicted octanol–water partition coefficient (Wildman–Crippen LogP) is 4.57. The van der Waals surface area contributed by atoms with Gasteiger partial charge in [0.2, 0.25) is 11.8 Å². The van der Waals surface area contributed by atoms with Crippen LogP contribution in [0, 0.1) is 17.8 Å². The summed E-state index contributed by atoms with van der Waals surface area (Å²) in [6.45, 7) is 0.220. The van der Waals surface area contributed by atoms with E-state index in [-0.39, 0.29) is 58.7 Å². The molecule has 4 atom stereocenters. The maximum absolute atomic E-state index is 13.7. The van der Waals surface area contributed by atoms with Crippen molar-refractivity contribution in [2.24, 2.45) is 17.8 Å². The molecule has 3 aliphatic carbocycles. The lowest BCUT2D eigenvalue weighted by Gasteiger charge is -2.42. The minimum absolute atomic E-state index is 0.0379. The molecule has 0 saturated carbocycles. The van der Waals surface area contributed by atoms with Gasteiger partial charge in [-0.25, -0.2) is 0 Å². The molecular weight excluding hydrogens is 650 g/mol. The molecule has 40 heavy (non-hydrogen) atoms. The van der Waals surface area contributed by atoms with Gasteiger partial charge < -0.3 is 14.9 Å². The van der Waals surface area contributed by atoms with Gasteiger partial charge in [-0.05, 0) is 81.2 Å². The van der Waals surface area contributed by atoms with E-state index in [1.54, 1.807) is 12.1 Å². The van der Waals surface area contributed by atoms with Gasteiger partial charge in [-0.1, -0.05) is 18.1 Å². The monoisotopic (exact) mass is 675 g/mol. The van der Waals surface area contributed by atoms with E-state index < -0.39 is 29.6 Å². The fourth-order valence-corrected chi connectivity index (χ4v) is 7.42. The van der Waals surface area contributed by atoms with E-state index in [9.17, 15) is 29.1 Å². The highest BCUT2D eigenvalue weighted by molar-refractivity contribution is 9.12. The second-order valence-electron chi connectivity index (χ2n) is 10.5. The summed E-state index contributed by atoms with van der Waals surface area (Å²) in [6.07, 6.45) is 5.29. The van der Waals surface area contributed by atoms with Crippen LogP contribution in [0.15, 0.2) is 50.0 Å². The lowest BCUT2D eigenvalue weighted by Crippen LogP contribution is -2.39. The van der Waals surface area contributed by atoms with Gasteiger partial charge in [-0.3, -0.25) is 28.9 Å². The molecule has 210 valence electrons. The van der Waals surface area contributed by atoms with Crippen molar-refractivity contribution in [3.8, 4) is 11.5 Å². The Morgan fingerprint density at radius 1 is 1.07 bits per heavy atom. The number of phenolic OH excluding ortho intramolecular Hbond substituents is 1. The summed E-state index contributed by atoms with van der Waals surface area (Å²) < 4.78 is 5.86. The number of carbonyl (C=O) groups excluding carboxylic acids is 4. The van der Waals surface area contributed by atoms with Crippen LogP contribution < -0.4 is 4.74 Å². The highest BCUT2D eigenvalue weighted by Gasteiger charge is 2.56. The predicted molar refractivity (Wildman–Crippen MR) is 150 cm³/mol. The van der Waals surface area contributed by atoms with Crippen molar-refractivity contribution < 1.29 is 38.9 Å². The van der Waals surface area contributed by atoms with E-state index in [1.165, 1.54) is 18.1 Å². The molecule has 1 saturated heterocycles. The number of halogens is 2. The Morgan fingerprint density at radius 2 is 1.82 bits per heavy atom. The van der Waals surface area contributed by atoms with Crippen molar-refractivity contribution in [3.05, 3.63) is 55.5 Å². The zero-order valence-corrected chi connectivity index (χ0v) is 24.8. The Morgan fingerprint density at radius 3 is 2.52 bits per heavy atom. The average molecular weight is 677 g/mol. The van der Waals surface area contributed by atoms with E-state index in [4.69, 9.17) is 9.84 Å². The number of ketones is 2. The number of carboxylic acid groups (broad SMARTS) is 1. The maximum Gasteiger partial charge on any atom is 0.303 e. The van der Waals surface area contributed by atoms with Crippen molar-refractivity contribution in [2.75, 3.05) is 13.7 Å². The standard InChI is InChI=1S/C29H27Br2NO8/c1-40-21-10-13(9-18(30)27(21)37)23-14-6-7-15-24(16(14)11-17-25(23)20(33)12-19(31)26(17)36)29(39)32(28(15)38)8-4-2-3-5-22(34)35/h6,9-10,12,15-16,23-24,37H,2-5,7-8,11H2,1H3,(H,34,35)/t15-,16+,23-,24-/m0/s1. The molecular formula is C29H27Br2NO8. The van der Waals surface area contributed by atoms with Crippen LogP contribution in [0.5, 0.6) is 11.5 Å². The molecule has 1 aromatic carbocycles. The topological polar surface area (TPSA) is 138 Å². The number of imide groups is 1. The van der Waals surface area contributed by atoms with Gasteiger partial charge in [-0.2, -0.15) is 0 Å². The van der Waals surface area contributed by atoms with Crippen LogP contribution in [0.1, 0.15) is 50.0 Å². The molecule has 1 aromatic rings. The zero-order valence-electron chi connectivity index (χ0n) is 21.6. The molecule has 11 heteroatoms. The number of unbranched alkanes of at least 4 members (excludes halogenated alkanes) is 2. The Labute approximate surface area is 247 Å². The molecule has 0 radical (unpaired) electrons. The van der Waals surface area contributed by atoms with E-state index in [0.29, 0.717) is 46.9 Å². The SMILES string of the molecule is COc1cc([C@H]2C3=CC[C@@H]4C(=O)N(CCCCCC(=O)O)C(=O)[C@@H]4[C@@H]3CC3=C2C(=O)C=C(Br)C3=O)cc(Br)c1O. The molecule has 2 N–H and O–H groups in total. The molecule has 5 rings (SSSR count). The quantitative estimate of drug-likeness (QED) is 0.177. The molecule has 9 nitrogen and oxygen atoms in total. The van der Waals surface area contributed by atoms with Gasteiger partial charge in [0.25, 0.3) is 0 Å². The Balaban J connectivity index is 1.53. The second-order valence-corrected chi connectivity index (χ2v) is 12.2. The van der Waals surface area contributed by atoms with Crippen molar-refractivity contribution in [1.82, 2.24) is 4.90 Å². The second kappa shape index (κ2) is 11.1. The normalized spacial score (nSPS) is 25.8. The lowest BCUT2D eigenvalue weighted by molar-refractivity contribution is -0.141. The van der Waals surface area contributed by atoms with Crippen LogP contribution in [-0.2, 0) is 24.0 Å². The maximum atomic E-state index is 13.7. The summed E-state index contributed by atoms with van der Waals surface area (Å²) in [5.74, 6) is -4.33. The van der Waals surface area contributed by atoms with Gasteiger partial charge in [0.05, 0.1) is 27.9 Å².